The monoisotopic (exact) mass is 365 g/mol. The normalized spacial score (nSPS) is 10.9. The Balaban J connectivity index is 1.67. The smallest absolute Gasteiger partial charge is 0.330 e. The standard InChI is InChI=1S/C21H23N3O3/c1-24(2)12-11-16-13-22-17-9-6-10-18(20(16)17)27-19(25)14-23-21(26)15-7-4-3-5-8-15/h3-10,13,22H,11-12,14H2,1-2H3,(H,23,26). The van der Waals surface area contributed by atoms with Gasteiger partial charge in [-0.05, 0) is 50.3 Å². The van der Waals surface area contributed by atoms with Gasteiger partial charge < -0.3 is 19.9 Å². The van der Waals surface area contributed by atoms with Gasteiger partial charge in [0.1, 0.15) is 12.3 Å². The molecular weight excluding hydrogens is 342 g/mol. The van der Waals surface area contributed by atoms with E-state index >= 15 is 0 Å². The Morgan fingerprint density at radius 1 is 1.07 bits per heavy atom. The van der Waals surface area contributed by atoms with Crippen molar-refractivity contribution in [2.75, 3.05) is 27.2 Å². The van der Waals surface area contributed by atoms with Gasteiger partial charge >= 0.3 is 5.97 Å². The lowest BCUT2D eigenvalue weighted by molar-refractivity contribution is -0.133. The SMILES string of the molecule is CN(C)CCc1c[nH]c2cccc(OC(=O)CNC(=O)c3ccccc3)c12. The van der Waals surface area contributed by atoms with Crippen LogP contribution in [0.1, 0.15) is 15.9 Å². The summed E-state index contributed by atoms with van der Waals surface area (Å²) in [5, 5.41) is 3.49. The van der Waals surface area contributed by atoms with Crippen LogP contribution < -0.4 is 10.1 Å². The first kappa shape index (κ1) is 18.7. The number of hydrogen-bond acceptors (Lipinski definition) is 4. The molecule has 3 rings (SSSR count). The largest absolute Gasteiger partial charge is 0.424 e. The summed E-state index contributed by atoms with van der Waals surface area (Å²) in [5.41, 5.74) is 2.52. The third-order valence-electron chi connectivity index (χ3n) is 4.23. The predicted molar refractivity (Wildman–Crippen MR) is 105 cm³/mol. The molecule has 0 saturated carbocycles. The average molecular weight is 365 g/mol. The van der Waals surface area contributed by atoms with E-state index < -0.39 is 5.97 Å². The topological polar surface area (TPSA) is 74.4 Å². The second-order valence-corrected chi connectivity index (χ2v) is 6.57. The van der Waals surface area contributed by atoms with Crippen LogP contribution in [-0.4, -0.2) is 48.9 Å². The number of carbonyl (C=O) groups is 2. The highest BCUT2D eigenvalue weighted by molar-refractivity contribution is 5.96. The molecule has 0 aliphatic heterocycles. The van der Waals surface area contributed by atoms with E-state index in [1.165, 1.54) is 0 Å². The lowest BCUT2D eigenvalue weighted by atomic mass is 10.1. The van der Waals surface area contributed by atoms with Crippen molar-refractivity contribution in [2.24, 2.45) is 0 Å². The minimum absolute atomic E-state index is 0.193. The Hall–Kier alpha value is -3.12. The average Bonchev–Trinajstić information content (AvgIpc) is 3.09. The summed E-state index contributed by atoms with van der Waals surface area (Å²) < 4.78 is 5.53. The van der Waals surface area contributed by atoms with Gasteiger partial charge in [-0.3, -0.25) is 4.79 Å². The number of H-pyrrole nitrogens is 1. The van der Waals surface area contributed by atoms with E-state index in [4.69, 9.17) is 4.74 Å². The van der Waals surface area contributed by atoms with Gasteiger partial charge in [-0.2, -0.15) is 0 Å². The number of rotatable bonds is 7. The van der Waals surface area contributed by atoms with Crippen molar-refractivity contribution in [2.45, 2.75) is 6.42 Å². The van der Waals surface area contributed by atoms with Crippen LogP contribution in [-0.2, 0) is 11.2 Å². The highest BCUT2D eigenvalue weighted by atomic mass is 16.5. The number of likely N-dealkylation sites (N-methyl/N-ethyl adjacent to an activating group) is 1. The summed E-state index contributed by atoms with van der Waals surface area (Å²) in [6.07, 6.45) is 2.79. The van der Waals surface area contributed by atoms with Crippen molar-refractivity contribution in [3.63, 3.8) is 0 Å². The summed E-state index contributed by atoms with van der Waals surface area (Å²) in [4.78, 5) is 29.6. The molecule has 2 N–H and O–H groups in total. The van der Waals surface area contributed by atoms with Gasteiger partial charge in [0.05, 0.1) is 0 Å². The van der Waals surface area contributed by atoms with E-state index in [1.807, 2.05) is 38.5 Å². The number of carbonyl (C=O) groups excluding carboxylic acids is 2. The van der Waals surface area contributed by atoms with Crippen molar-refractivity contribution in [1.82, 2.24) is 15.2 Å². The van der Waals surface area contributed by atoms with Gasteiger partial charge in [-0.25, -0.2) is 4.79 Å². The van der Waals surface area contributed by atoms with Gasteiger partial charge in [0, 0.05) is 29.2 Å². The maximum Gasteiger partial charge on any atom is 0.330 e. The van der Waals surface area contributed by atoms with Crippen molar-refractivity contribution >= 4 is 22.8 Å². The summed E-state index contributed by atoms with van der Waals surface area (Å²) in [7, 11) is 4.04. The number of fused-ring (bicyclic) bond motifs is 1. The molecule has 0 atom stereocenters. The molecule has 1 heterocycles. The van der Waals surface area contributed by atoms with E-state index in [9.17, 15) is 9.59 Å². The number of nitrogens with one attached hydrogen (secondary N) is 2. The van der Waals surface area contributed by atoms with Crippen LogP contribution in [0.25, 0.3) is 10.9 Å². The predicted octanol–water partition coefficient (Wildman–Crippen LogP) is 2.61. The van der Waals surface area contributed by atoms with Crippen LogP contribution in [0.2, 0.25) is 0 Å². The fraction of sp³-hybridized carbons (Fsp3) is 0.238. The number of amides is 1. The van der Waals surface area contributed by atoms with Crippen LogP contribution in [0.15, 0.2) is 54.7 Å². The van der Waals surface area contributed by atoms with Crippen molar-refractivity contribution in [1.29, 1.82) is 0 Å². The minimum atomic E-state index is -0.508. The third-order valence-corrected chi connectivity index (χ3v) is 4.23. The molecule has 1 aromatic heterocycles. The minimum Gasteiger partial charge on any atom is -0.424 e. The maximum atomic E-state index is 12.2. The molecule has 1 amide bonds. The van der Waals surface area contributed by atoms with Crippen molar-refractivity contribution in [3.8, 4) is 5.75 Å². The van der Waals surface area contributed by atoms with E-state index in [0.717, 1.165) is 29.4 Å². The Morgan fingerprint density at radius 3 is 2.59 bits per heavy atom. The Labute approximate surface area is 158 Å². The lowest BCUT2D eigenvalue weighted by Crippen LogP contribution is -2.31. The van der Waals surface area contributed by atoms with Crippen LogP contribution >= 0.6 is 0 Å². The fourth-order valence-corrected chi connectivity index (χ4v) is 2.85. The molecule has 6 nitrogen and oxygen atoms in total. The molecule has 0 bridgehead atoms. The summed E-state index contributed by atoms with van der Waals surface area (Å²) in [6, 6.07) is 14.3. The molecule has 27 heavy (non-hydrogen) atoms. The van der Waals surface area contributed by atoms with Crippen molar-refractivity contribution in [3.05, 3.63) is 65.9 Å². The molecule has 140 valence electrons. The second-order valence-electron chi connectivity index (χ2n) is 6.57. The molecule has 0 saturated heterocycles. The highest BCUT2D eigenvalue weighted by Gasteiger charge is 2.14. The highest BCUT2D eigenvalue weighted by Crippen LogP contribution is 2.29. The van der Waals surface area contributed by atoms with Gasteiger partial charge in [-0.1, -0.05) is 24.3 Å². The van der Waals surface area contributed by atoms with Crippen LogP contribution in [0, 0.1) is 0 Å². The van der Waals surface area contributed by atoms with Crippen molar-refractivity contribution < 1.29 is 14.3 Å². The zero-order chi connectivity index (χ0) is 19.2. The summed E-state index contributed by atoms with van der Waals surface area (Å²) in [6.45, 7) is 0.698. The molecule has 0 aliphatic carbocycles. The van der Waals surface area contributed by atoms with Crippen LogP contribution in [0.3, 0.4) is 0 Å². The van der Waals surface area contributed by atoms with Crippen LogP contribution in [0.4, 0.5) is 0 Å². The zero-order valence-electron chi connectivity index (χ0n) is 15.5. The molecule has 0 radical (unpaired) electrons. The molecule has 2 aromatic carbocycles. The number of hydrogen-bond donors (Lipinski definition) is 2. The number of benzene rings is 2. The molecule has 6 heteroatoms. The number of nitrogens with zero attached hydrogens (tertiary/aromatic N) is 1. The number of aromatic amines is 1. The quantitative estimate of drug-likeness (QED) is 0.499. The molecule has 0 fully saturated rings. The first-order valence-corrected chi connectivity index (χ1v) is 8.82. The van der Waals surface area contributed by atoms with E-state index in [-0.39, 0.29) is 12.5 Å². The van der Waals surface area contributed by atoms with Crippen LogP contribution in [0.5, 0.6) is 5.75 Å². The number of esters is 1. The van der Waals surface area contributed by atoms with E-state index in [2.05, 4.69) is 15.2 Å². The summed E-state index contributed by atoms with van der Waals surface area (Å²) >= 11 is 0. The molecule has 3 aromatic rings. The molecule has 0 aliphatic rings. The van der Waals surface area contributed by atoms with E-state index in [0.29, 0.717) is 11.3 Å². The summed E-state index contributed by atoms with van der Waals surface area (Å²) in [5.74, 6) is -0.313. The third kappa shape index (κ3) is 4.74. The second kappa shape index (κ2) is 8.51. The van der Waals surface area contributed by atoms with Gasteiger partial charge in [0.2, 0.25) is 0 Å². The van der Waals surface area contributed by atoms with Gasteiger partial charge in [0.25, 0.3) is 5.91 Å². The molecular formula is C21H23N3O3. The fourth-order valence-electron chi connectivity index (χ4n) is 2.85. The first-order chi connectivity index (χ1) is 13.0. The first-order valence-electron chi connectivity index (χ1n) is 8.82. The van der Waals surface area contributed by atoms with Gasteiger partial charge in [0.15, 0.2) is 0 Å². The molecule has 0 unspecified atom stereocenters. The Morgan fingerprint density at radius 2 is 1.85 bits per heavy atom. The maximum absolute atomic E-state index is 12.2. The van der Waals surface area contributed by atoms with E-state index in [1.54, 1.807) is 30.3 Å². The number of aromatic nitrogens is 1. The van der Waals surface area contributed by atoms with Gasteiger partial charge in [-0.15, -0.1) is 0 Å². The Kier molecular flexibility index (Phi) is 5.88. The number of ether oxygens (including phenoxy) is 1. The molecule has 0 spiro atoms. The Bertz CT molecular complexity index is 932. The lowest BCUT2D eigenvalue weighted by Gasteiger charge is -2.11. The zero-order valence-corrected chi connectivity index (χ0v) is 15.5.